The lowest BCUT2D eigenvalue weighted by molar-refractivity contribution is -0.115. The highest BCUT2D eigenvalue weighted by Crippen LogP contribution is 2.25. The van der Waals surface area contributed by atoms with Gasteiger partial charge in [0.05, 0.1) is 21.8 Å². The van der Waals surface area contributed by atoms with E-state index in [1.165, 1.54) is 37.4 Å². The molecule has 3 rings (SSSR count). The summed E-state index contributed by atoms with van der Waals surface area (Å²) in [7, 11) is -2.18. The third kappa shape index (κ3) is 3.75. The minimum Gasteiger partial charge on any atom is -0.326 e. The second kappa shape index (κ2) is 6.96. The molecule has 0 saturated heterocycles. The van der Waals surface area contributed by atoms with E-state index >= 15 is 0 Å². The van der Waals surface area contributed by atoms with Crippen LogP contribution in [0.3, 0.4) is 0 Å². The Kier molecular flexibility index (Phi) is 4.84. The van der Waals surface area contributed by atoms with Gasteiger partial charge in [0.1, 0.15) is 0 Å². The average molecular weight is 386 g/mol. The van der Waals surface area contributed by atoms with E-state index in [2.05, 4.69) is 5.32 Å². The van der Waals surface area contributed by atoms with Gasteiger partial charge in [-0.1, -0.05) is 17.7 Å². The fourth-order valence-corrected chi connectivity index (χ4v) is 3.99. The maximum Gasteiger partial charge on any atom is 0.261 e. The van der Waals surface area contributed by atoms with Gasteiger partial charge in [-0.2, -0.15) is 0 Å². The number of benzene rings is 2. The Morgan fingerprint density at radius 1 is 1.00 bits per heavy atom. The van der Waals surface area contributed by atoms with Crippen molar-refractivity contribution in [3.8, 4) is 0 Å². The molecule has 8 heteroatoms. The second-order valence-corrected chi connectivity index (χ2v) is 8.47. The predicted molar refractivity (Wildman–Crippen MR) is 99.3 cm³/mol. The maximum absolute atomic E-state index is 12.3. The third-order valence-electron chi connectivity index (χ3n) is 4.35. The molecule has 0 atom stereocenters. The normalized spacial score (nSPS) is 13.6. The number of fused-ring (bicyclic) bond motifs is 1. The van der Waals surface area contributed by atoms with Crippen molar-refractivity contribution >= 4 is 33.2 Å². The molecule has 1 aliphatic heterocycles. The van der Waals surface area contributed by atoms with Crippen molar-refractivity contribution < 1.29 is 22.8 Å². The largest absolute Gasteiger partial charge is 0.326 e. The molecule has 2 aromatic rings. The molecule has 0 spiro atoms. The summed E-state index contributed by atoms with van der Waals surface area (Å²) < 4.78 is 24.6. The van der Waals surface area contributed by atoms with E-state index in [0.29, 0.717) is 5.69 Å². The first-order chi connectivity index (χ1) is 12.7. The lowest BCUT2D eigenvalue weighted by Crippen LogP contribution is -2.24. The van der Waals surface area contributed by atoms with Crippen molar-refractivity contribution in [3.05, 3.63) is 59.2 Å². The van der Waals surface area contributed by atoms with Gasteiger partial charge in [0.15, 0.2) is 9.84 Å². The number of imide groups is 1. The van der Waals surface area contributed by atoms with Gasteiger partial charge in [-0.15, -0.1) is 0 Å². The van der Waals surface area contributed by atoms with Crippen LogP contribution in [0.4, 0.5) is 5.69 Å². The Morgan fingerprint density at radius 3 is 2.30 bits per heavy atom. The van der Waals surface area contributed by atoms with Crippen LogP contribution in [-0.4, -0.2) is 43.8 Å². The van der Waals surface area contributed by atoms with Crippen molar-refractivity contribution in [2.75, 3.05) is 18.1 Å². The molecule has 0 aromatic heterocycles. The van der Waals surface area contributed by atoms with Gasteiger partial charge in [-0.05, 0) is 37.3 Å². The van der Waals surface area contributed by atoms with E-state index in [9.17, 15) is 22.8 Å². The number of sulfone groups is 1. The molecule has 1 N–H and O–H groups in total. The number of amides is 3. The van der Waals surface area contributed by atoms with Crippen LogP contribution in [0.2, 0.25) is 0 Å². The average Bonchev–Trinajstić information content (AvgIpc) is 2.85. The van der Waals surface area contributed by atoms with E-state index in [0.717, 1.165) is 10.5 Å². The molecule has 27 heavy (non-hydrogen) atoms. The van der Waals surface area contributed by atoms with E-state index < -0.39 is 27.6 Å². The van der Waals surface area contributed by atoms with Gasteiger partial charge < -0.3 is 5.32 Å². The first kappa shape index (κ1) is 18.8. The first-order valence-corrected chi connectivity index (χ1v) is 9.90. The lowest BCUT2D eigenvalue weighted by atomic mass is 10.1. The summed E-state index contributed by atoms with van der Waals surface area (Å²) in [5.74, 6) is -1.65. The van der Waals surface area contributed by atoms with Gasteiger partial charge in [-0.3, -0.25) is 19.3 Å². The van der Waals surface area contributed by atoms with Gasteiger partial charge in [0.2, 0.25) is 5.91 Å². The van der Waals surface area contributed by atoms with Crippen molar-refractivity contribution in [2.24, 2.45) is 0 Å². The lowest BCUT2D eigenvalue weighted by Gasteiger charge is -2.07. The summed E-state index contributed by atoms with van der Waals surface area (Å²) in [6, 6.07) is 10.8. The summed E-state index contributed by atoms with van der Waals surface area (Å²) in [5, 5.41) is 2.57. The van der Waals surface area contributed by atoms with Gasteiger partial charge >= 0.3 is 0 Å². The third-order valence-corrected chi connectivity index (χ3v) is 6.08. The highest BCUT2D eigenvalue weighted by molar-refractivity contribution is 7.91. The number of hydrogen-bond donors (Lipinski definition) is 1. The van der Waals surface area contributed by atoms with Crippen LogP contribution < -0.4 is 5.32 Å². The van der Waals surface area contributed by atoms with Crippen LogP contribution in [0.15, 0.2) is 47.4 Å². The zero-order valence-electron chi connectivity index (χ0n) is 14.9. The van der Waals surface area contributed by atoms with Crippen molar-refractivity contribution in [1.82, 2.24) is 4.90 Å². The first-order valence-electron chi connectivity index (χ1n) is 8.25. The number of nitrogens with zero attached hydrogens (tertiary/aromatic N) is 1. The number of aryl methyl sites for hydroxylation is 1. The summed E-state index contributed by atoms with van der Waals surface area (Å²) in [6.07, 6.45) is -0.222. The Labute approximate surface area is 156 Å². The number of carbonyl (C=O) groups excluding carboxylic acids is 3. The van der Waals surface area contributed by atoms with Crippen LogP contribution in [-0.2, 0) is 14.6 Å². The molecular weight excluding hydrogens is 368 g/mol. The van der Waals surface area contributed by atoms with Gasteiger partial charge in [-0.25, -0.2) is 8.42 Å². The molecule has 1 aliphatic rings. The number of rotatable bonds is 5. The van der Waals surface area contributed by atoms with Crippen molar-refractivity contribution in [3.63, 3.8) is 0 Å². The molecule has 140 valence electrons. The molecular formula is C19H18N2O5S. The molecule has 7 nitrogen and oxygen atoms in total. The molecule has 3 amide bonds. The number of nitrogens with one attached hydrogen (secondary N) is 1. The van der Waals surface area contributed by atoms with Gasteiger partial charge in [0.25, 0.3) is 11.8 Å². The van der Waals surface area contributed by atoms with Crippen molar-refractivity contribution in [1.29, 1.82) is 0 Å². The summed E-state index contributed by atoms with van der Waals surface area (Å²) in [5.41, 5.74) is 1.78. The number of carbonyl (C=O) groups is 3. The minimum atomic E-state index is -3.56. The fraction of sp³-hybridized carbons (Fsp3) is 0.211. The molecule has 2 aromatic carbocycles. The molecule has 0 aliphatic carbocycles. The Morgan fingerprint density at radius 2 is 1.63 bits per heavy atom. The number of anilines is 1. The van der Waals surface area contributed by atoms with Crippen LogP contribution in [0.5, 0.6) is 0 Å². The predicted octanol–water partition coefficient (Wildman–Crippen LogP) is 2.02. The van der Waals surface area contributed by atoms with Crippen LogP contribution in [0, 0.1) is 6.92 Å². The topological polar surface area (TPSA) is 101 Å². The Hall–Kier alpha value is -3.00. The maximum atomic E-state index is 12.3. The summed E-state index contributed by atoms with van der Waals surface area (Å²) in [6.45, 7) is 1.86. The highest BCUT2D eigenvalue weighted by Gasteiger charge is 2.32. The highest BCUT2D eigenvalue weighted by atomic mass is 32.2. The van der Waals surface area contributed by atoms with Crippen LogP contribution in [0.25, 0.3) is 0 Å². The van der Waals surface area contributed by atoms with Crippen molar-refractivity contribution in [2.45, 2.75) is 18.2 Å². The Balaban J connectivity index is 1.66. The van der Waals surface area contributed by atoms with E-state index in [-0.39, 0.29) is 28.2 Å². The molecule has 0 fully saturated rings. The quantitative estimate of drug-likeness (QED) is 0.793. The summed E-state index contributed by atoms with van der Waals surface area (Å²) in [4.78, 5) is 37.1. The summed E-state index contributed by atoms with van der Waals surface area (Å²) >= 11 is 0. The molecule has 0 saturated carbocycles. The SMILES string of the molecule is Cc1ccc(S(=O)(=O)CCC(=O)Nc2ccc3c(c2)C(=O)N(C)C3=O)cc1. The van der Waals surface area contributed by atoms with E-state index in [1.54, 1.807) is 12.1 Å². The molecule has 0 bridgehead atoms. The van der Waals surface area contributed by atoms with Crippen LogP contribution >= 0.6 is 0 Å². The Bertz CT molecular complexity index is 1040. The molecule has 0 unspecified atom stereocenters. The zero-order chi connectivity index (χ0) is 19.8. The van der Waals surface area contributed by atoms with E-state index in [1.807, 2.05) is 6.92 Å². The standard InChI is InChI=1S/C19H18N2O5S/c1-12-3-6-14(7-4-12)27(25,26)10-9-17(22)20-13-5-8-15-16(11-13)19(24)21(2)18(15)23/h3-8,11H,9-10H2,1-2H3,(H,20,22). The van der Waals surface area contributed by atoms with Gasteiger partial charge in [0, 0.05) is 19.2 Å². The monoisotopic (exact) mass is 386 g/mol. The van der Waals surface area contributed by atoms with Crippen LogP contribution in [0.1, 0.15) is 32.7 Å². The van der Waals surface area contributed by atoms with E-state index in [4.69, 9.17) is 0 Å². The number of hydrogen-bond acceptors (Lipinski definition) is 5. The molecule has 1 heterocycles. The minimum absolute atomic E-state index is 0.172. The zero-order valence-corrected chi connectivity index (χ0v) is 15.7. The smallest absolute Gasteiger partial charge is 0.261 e. The second-order valence-electron chi connectivity index (χ2n) is 6.36. The molecule has 0 radical (unpaired) electrons. The fourth-order valence-electron chi connectivity index (χ4n) is 2.75.